The van der Waals surface area contributed by atoms with Gasteiger partial charge in [0.05, 0.1) is 19.8 Å². The van der Waals surface area contributed by atoms with Crippen LogP contribution in [0.3, 0.4) is 0 Å². The van der Waals surface area contributed by atoms with Crippen LogP contribution in [-0.2, 0) is 9.53 Å². The third-order valence-corrected chi connectivity index (χ3v) is 4.21. The highest BCUT2D eigenvalue weighted by atomic mass is 16.5. The molecule has 154 valence electrons. The number of aryl methyl sites for hydroxylation is 1. The summed E-state index contributed by atoms with van der Waals surface area (Å²) in [6.07, 6.45) is 1.59. The van der Waals surface area contributed by atoms with Gasteiger partial charge in [0.2, 0.25) is 5.78 Å². The SMILES string of the molecule is COc1ccc(C(=O)COC(=O)/C(=C/c2ccccc2)n2nnnc2C)c(OC)c1. The summed E-state index contributed by atoms with van der Waals surface area (Å²) in [6, 6.07) is 13.9. The molecule has 0 aliphatic rings. The molecule has 1 aromatic heterocycles. The molecule has 0 aliphatic carbocycles. The number of Topliss-reactive ketones (excluding diaryl/α,β-unsaturated/α-hetero) is 1. The first-order chi connectivity index (χ1) is 14.5. The normalized spacial score (nSPS) is 11.1. The molecular formula is C21H20N4O5. The van der Waals surface area contributed by atoms with Gasteiger partial charge in [-0.25, -0.2) is 4.79 Å². The minimum Gasteiger partial charge on any atom is -0.497 e. The van der Waals surface area contributed by atoms with Gasteiger partial charge in [0.15, 0.2) is 18.1 Å². The Balaban J connectivity index is 1.81. The molecular weight excluding hydrogens is 388 g/mol. The Morgan fingerprint density at radius 2 is 1.83 bits per heavy atom. The number of aromatic nitrogens is 4. The molecule has 2 aromatic carbocycles. The number of hydrogen-bond donors (Lipinski definition) is 0. The number of ether oxygens (including phenoxy) is 3. The maximum Gasteiger partial charge on any atom is 0.357 e. The van der Waals surface area contributed by atoms with Gasteiger partial charge in [0, 0.05) is 6.07 Å². The lowest BCUT2D eigenvalue weighted by molar-refractivity contribution is -0.136. The van der Waals surface area contributed by atoms with E-state index in [1.54, 1.807) is 31.2 Å². The lowest BCUT2D eigenvalue weighted by Crippen LogP contribution is -2.19. The molecule has 0 saturated heterocycles. The van der Waals surface area contributed by atoms with Crippen molar-refractivity contribution in [2.24, 2.45) is 0 Å². The first-order valence-corrected chi connectivity index (χ1v) is 8.98. The van der Waals surface area contributed by atoms with E-state index in [0.29, 0.717) is 17.3 Å². The van der Waals surface area contributed by atoms with Crippen molar-refractivity contribution in [2.45, 2.75) is 6.92 Å². The van der Waals surface area contributed by atoms with Crippen LogP contribution >= 0.6 is 0 Å². The standard InChI is InChI=1S/C21H20N4O5/c1-14-22-23-24-25(14)18(11-15-7-5-4-6-8-15)21(27)30-13-19(26)17-10-9-16(28-2)12-20(17)29-3/h4-12H,13H2,1-3H3/b18-11-. The van der Waals surface area contributed by atoms with Crippen LogP contribution in [0.1, 0.15) is 21.7 Å². The summed E-state index contributed by atoms with van der Waals surface area (Å²) in [6.45, 7) is 1.17. The summed E-state index contributed by atoms with van der Waals surface area (Å²) >= 11 is 0. The predicted octanol–water partition coefficient (Wildman–Crippen LogP) is 2.42. The summed E-state index contributed by atoms with van der Waals surface area (Å²) in [5.41, 5.74) is 1.11. The molecule has 0 radical (unpaired) electrons. The fraction of sp³-hybridized carbons (Fsp3) is 0.190. The summed E-state index contributed by atoms with van der Waals surface area (Å²) in [5.74, 6) is 0.108. The Kier molecular flexibility index (Phi) is 6.53. The molecule has 0 amide bonds. The van der Waals surface area contributed by atoms with Crippen molar-refractivity contribution in [3.63, 3.8) is 0 Å². The van der Waals surface area contributed by atoms with Crippen LogP contribution in [0.2, 0.25) is 0 Å². The molecule has 30 heavy (non-hydrogen) atoms. The highest BCUT2D eigenvalue weighted by Crippen LogP contribution is 2.25. The van der Waals surface area contributed by atoms with E-state index >= 15 is 0 Å². The molecule has 0 atom stereocenters. The molecule has 0 unspecified atom stereocenters. The van der Waals surface area contributed by atoms with E-state index < -0.39 is 18.4 Å². The van der Waals surface area contributed by atoms with E-state index in [4.69, 9.17) is 14.2 Å². The van der Waals surface area contributed by atoms with Gasteiger partial charge in [0.1, 0.15) is 11.5 Å². The Hall–Kier alpha value is -4.01. The van der Waals surface area contributed by atoms with Crippen molar-refractivity contribution in [3.05, 3.63) is 65.5 Å². The topological polar surface area (TPSA) is 105 Å². The number of nitrogens with zero attached hydrogens (tertiary/aromatic N) is 4. The van der Waals surface area contributed by atoms with Gasteiger partial charge in [-0.2, -0.15) is 4.68 Å². The van der Waals surface area contributed by atoms with Gasteiger partial charge in [-0.1, -0.05) is 30.3 Å². The molecule has 0 spiro atoms. The monoisotopic (exact) mass is 408 g/mol. The van der Waals surface area contributed by atoms with Crippen molar-refractivity contribution in [2.75, 3.05) is 20.8 Å². The van der Waals surface area contributed by atoms with Crippen molar-refractivity contribution >= 4 is 23.5 Å². The van der Waals surface area contributed by atoms with E-state index in [9.17, 15) is 9.59 Å². The molecule has 0 saturated carbocycles. The minimum absolute atomic E-state index is 0.0817. The van der Waals surface area contributed by atoms with Gasteiger partial charge < -0.3 is 14.2 Å². The molecule has 0 aliphatic heterocycles. The first kappa shape index (κ1) is 20.7. The zero-order valence-corrected chi connectivity index (χ0v) is 16.7. The van der Waals surface area contributed by atoms with Gasteiger partial charge in [-0.3, -0.25) is 4.79 Å². The van der Waals surface area contributed by atoms with Gasteiger partial charge in [0.25, 0.3) is 0 Å². The molecule has 3 aromatic rings. The van der Waals surface area contributed by atoms with E-state index in [2.05, 4.69) is 15.5 Å². The van der Waals surface area contributed by atoms with Crippen molar-refractivity contribution in [3.8, 4) is 11.5 Å². The van der Waals surface area contributed by atoms with Crippen molar-refractivity contribution < 1.29 is 23.8 Å². The first-order valence-electron chi connectivity index (χ1n) is 8.98. The Morgan fingerprint density at radius 3 is 2.47 bits per heavy atom. The van der Waals surface area contributed by atoms with Crippen LogP contribution in [0.15, 0.2) is 48.5 Å². The van der Waals surface area contributed by atoms with Crippen LogP contribution in [0.4, 0.5) is 0 Å². The number of ketones is 1. The fourth-order valence-electron chi connectivity index (χ4n) is 2.68. The highest BCUT2D eigenvalue weighted by molar-refractivity contribution is 6.16. The molecule has 0 fully saturated rings. The second-order valence-corrected chi connectivity index (χ2v) is 6.14. The number of rotatable bonds is 8. The van der Waals surface area contributed by atoms with Crippen LogP contribution in [-0.4, -0.2) is 52.8 Å². The highest BCUT2D eigenvalue weighted by Gasteiger charge is 2.21. The molecule has 3 rings (SSSR count). The molecule has 0 bridgehead atoms. The summed E-state index contributed by atoms with van der Waals surface area (Å²) < 4.78 is 16.9. The zero-order valence-electron chi connectivity index (χ0n) is 16.7. The van der Waals surface area contributed by atoms with E-state index in [1.807, 2.05) is 30.3 Å². The smallest absolute Gasteiger partial charge is 0.357 e. The lowest BCUT2D eigenvalue weighted by Gasteiger charge is -2.11. The summed E-state index contributed by atoms with van der Waals surface area (Å²) in [7, 11) is 2.96. The van der Waals surface area contributed by atoms with E-state index in [-0.39, 0.29) is 11.3 Å². The number of methoxy groups -OCH3 is 2. The average molecular weight is 408 g/mol. The van der Waals surface area contributed by atoms with Crippen LogP contribution in [0, 0.1) is 6.92 Å². The Labute approximate surface area is 172 Å². The van der Waals surface area contributed by atoms with Gasteiger partial charge >= 0.3 is 5.97 Å². The van der Waals surface area contributed by atoms with E-state index in [1.165, 1.54) is 18.9 Å². The maximum absolute atomic E-state index is 12.8. The molecule has 0 N–H and O–H groups in total. The summed E-state index contributed by atoms with van der Waals surface area (Å²) in [4.78, 5) is 25.4. The van der Waals surface area contributed by atoms with Crippen LogP contribution < -0.4 is 9.47 Å². The number of carbonyl (C=O) groups is 2. The molecule has 9 heteroatoms. The number of hydrogen-bond acceptors (Lipinski definition) is 8. The largest absolute Gasteiger partial charge is 0.497 e. The molecule has 9 nitrogen and oxygen atoms in total. The number of tetrazole rings is 1. The average Bonchev–Trinajstić information content (AvgIpc) is 3.21. The van der Waals surface area contributed by atoms with Crippen molar-refractivity contribution in [1.29, 1.82) is 0 Å². The maximum atomic E-state index is 12.8. The number of benzene rings is 2. The van der Waals surface area contributed by atoms with E-state index in [0.717, 1.165) is 5.56 Å². The quantitative estimate of drug-likeness (QED) is 0.318. The number of esters is 1. The molecule has 1 heterocycles. The van der Waals surface area contributed by atoms with Gasteiger partial charge in [-0.15, -0.1) is 5.10 Å². The Morgan fingerprint density at radius 1 is 1.07 bits per heavy atom. The fourth-order valence-corrected chi connectivity index (χ4v) is 2.68. The number of carbonyl (C=O) groups excluding carboxylic acids is 2. The third kappa shape index (κ3) is 4.69. The second-order valence-electron chi connectivity index (χ2n) is 6.14. The van der Waals surface area contributed by atoms with Crippen molar-refractivity contribution in [1.82, 2.24) is 20.2 Å². The minimum atomic E-state index is -0.741. The summed E-state index contributed by atoms with van der Waals surface area (Å²) in [5, 5.41) is 11.2. The lowest BCUT2D eigenvalue weighted by atomic mass is 10.1. The zero-order chi connectivity index (χ0) is 21.5. The van der Waals surface area contributed by atoms with Gasteiger partial charge in [-0.05, 0) is 41.1 Å². The van der Waals surface area contributed by atoms with Crippen LogP contribution in [0.5, 0.6) is 11.5 Å². The third-order valence-electron chi connectivity index (χ3n) is 4.21. The predicted molar refractivity (Wildman–Crippen MR) is 108 cm³/mol. The second kappa shape index (κ2) is 9.46. The van der Waals surface area contributed by atoms with Crippen LogP contribution in [0.25, 0.3) is 11.8 Å². The Bertz CT molecular complexity index is 1080.